The Balaban J connectivity index is 1.58. The van der Waals surface area contributed by atoms with Crippen LogP contribution in [0, 0.1) is 23.7 Å². The van der Waals surface area contributed by atoms with Crippen LogP contribution in [0.15, 0.2) is 60.7 Å². The molecule has 10 amide bonds. The van der Waals surface area contributed by atoms with Gasteiger partial charge in [0.2, 0.25) is 59.1 Å². The van der Waals surface area contributed by atoms with Gasteiger partial charge in [0.1, 0.15) is 60.4 Å². The smallest absolute Gasteiger partial charge is 0.246 e. The summed E-state index contributed by atoms with van der Waals surface area (Å²) < 4.78 is 0. The molecule has 3 saturated heterocycles. The highest BCUT2D eigenvalue weighted by Crippen LogP contribution is 2.24. The van der Waals surface area contributed by atoms with Gasteiger partial charge in [0, 0.05) is 25.9 Å². The van der Waals surface area contributed by atoms with Gasteiger partial charge < -0.3 is 63.8 Å². The molecule has 12 N–H and O–H groups in total. The van der Waals surface area contributed by atoms with E-state index >= 15 is 0 Å². The quantitative estimate of drug-likeness (QED) is 0.114. The van der Waals surface area contributed by atoms with E-state index < -0.39 is 131 Å². The van der Waals surface area contributed by atoms with Gasteiger partial charge in [0.15, 0.2) is 0 Å². The third-order valence-corrected chi connectivity index (χ3v) is 15.3. The van der Waals surface area contributed by atoms with E-state index in [2.05, 4.69) is 42.5 Å². The van der Waals surface area contributed by atoms with Crippen molar-refractivity contribution in [3.8, 4) is 0 Å². The zero-order valence-corrected chi connectivity index (χ0v) is 49.3. The Bertz CT molecular complexity index is 2330. The fraction of sp³-hybridized carbons (Fsp3) is 0.633. The molecule has 0 radical (unpaired) electrons. The predicted molar refractivity (Wildman–Crippen MR) is 310 cm³/mol. The molecule has 3 aliphatic rings. The lowest BCUT2D eigenvalue weighted by molar-refractivity contribution is -0.143. The van der Waals surface area contributed by atoms with E-state index in [-0.39, 0.29) is 89.4 Å². The van der Waals surface area contributed by atoms with Crippen molar-refractivity contribution in [2.75, 3.05) is 26.2 Å². The minimum absolute atomic E-state index is 0.0279. The Kier molecular flexibility index (Phi) is 25.7. The third kappa shape index (κ3) is 19.1. The maximum Gasteiger partial charge on any atom is 0.246 e. The molecule has 22 heteroatoms. The first-order valence-corrected chi connectivity index (χ1v) is 29.5. The number of fused-ring (bicyclic) bond motifs is 2. The van der Waals surface area contributed by atoms with Crippen LogP contribution in [0.2, 0.25) is 0 Å². The van der Waals surface area contributed by atoms with Crippen LogP contribution in [0.5, 0.6) is 0 Å². The number of carbonyl (C=O) groups is 10. The highest BCUT2D eigenvalue weighted by molar-refractivity contribution is 6.00. The monoisotopic (exact) mass is 1140 g/mol. The van der Waals surface area contributed by atoms with Crippen molar-refractivity contribution in [3.63, 3.8) is 0 Å². The van der Waals surface area contributed by atoms with Crippen molar-refractivity contribution < 1.29 is 47.9 Å². The number of rotatable bonds is 16. The van der Waals surface area contributed by atoms with E-state index in [1.54, 1.807) is 76.2 Å². The van der Waals surface area contributed by atoms with Gasteiger partial charge in [-0.05, 0) is 112 Å². The van der Waals surface area contributed by atoms with E-state index in [0.717, 1.165) is 0 Å². The Hall–Kier alpha value is -6.94. The first-order valence-electron chi connectivity index (χ1n) is 29.5. The second-order valence-corrected chi connectivity index (χ2v) is 23.7. The molecular formula is C60H92N12O10. The molecule has 5 rings (SSSR count). The number of hydrogen-bond donors (Lipinski definition) is 10. The van der Waals surface area contributed by atoms with Gasteiger partial charge >= 0.3 is 0 Å². The molecule has 0 aromatic heterocycles. The van der Waals surface area contributed by atoms with Crippen LogP contribution in [0.3, 0.4) is 0 Å². The van der Waals surface area contributed by atoms with E-state index in [1.807, 2.05) is 39.8 Å². The highest BCUT2D eigenvalue weighted by Gasteiger charge is 2.43. The largest absolute Gasteiger partial charge is 0.343 e. The number of nitrogens with one attached hydrogen (secondary N) is 8. The molecular weight excluding hydrogens is 1050 g/mol. The van der Waals surface area contributed by atoms with E-state index in [4.69, 9.17) is 11.5 Å². The van der Waals surface area contributed by atoms with Gasteiger partial charge in [-0.25, -0.2) is 0 Å². The molecule has 452 valence electrons. The zero-order chi connectivity index (χ0) is 60.2. The zero-order valence-electron chi connectivity index (χ0n) is 49.3. The molecule has 22 nitrogen and oxygen atoms in total. The van der Waals surface area contributed by atoms with Gasteiger partial charge in [-0.2, -0.15) is 0 Å². The number of nitrogens with zero attached hydrogens (tertiary/aromatic N) is 2. The summed E-state index contributed by atoms with van der Waals surface area (Å²) >= 11 is 0. The maximum absolute atomic E-state index is 14.9. The summed E-state index contributed by atoms with van der Waals surface area (Å²) in [4.78, 5) is 149. The maximum atomic E-state index is 14.9. The van der Waals surface area contributed by atoms with Crippen LogP contribution in [0.1, 0.15) is 131 Å². The van der Waals surface area contributed by atoms with E-state index in [0.29, 0.717) is 36.8 Å². The van der Waals surface area contributed by atoms with Crippen LogP contribution in [0.4, 0.5) is 0 Å². The van der Waals surface area contributed by atoms with Gasteiger partial charge in [-0.1, -0.05) is 116 Å². The molecule has 2 aromatic rings. The van der Waals surface area contributed by atoms with Crippen LogP contribution < -0.4 is 54.0 Å². The SMILES string of the molecule is CC(C)C[C@@H]1NC(=O)[C@H](CCCN)NC(=O)[C@H](C(C)C)NC(=O)[C@@H]2CCCN2C(=O)[C@@H](Cc2ccccc2)NC(=O)[C@H](CC(C)C)NC(=O)[C@H](CCCN)NC(=O)[C@H](C(C)C)NC(=O)C2CCCN2C(=O)[C@@H](Cc2ccccc2)NC1=O. The standard InChI is InChI=1S/C60H92N12O10/c1-35(2)31-43-53(75)67-45(33-39-19-11-9-12-20-39)59(81)71-29-17-25-47(71)55(77)70-50(38(7)8)58(80)64-42(24-16-28-62)52(74)66-44(32-36(3)4)54(76)68-46(34-40-21-13-10-14-22-40)60(82)72-30-18-26-48(72)56(78)69-49(37(5)6)57(79)63-41(23-15-27-61)51(73)65-43/h9-14,19-22,35-38,41-50H,15-18,23-34,61-62H2,1-8H3,(H,63,79)(H,64,80)(H,65,73)(H,66,74)(H,67,75)(H,68,76)(H,69,78)(H,70,77)/t41-,42-,43-,44-,45+,46+,47-,48?,49-,50-/m0/s1. The van der Waals surface area contributed by atoms with Gasteiger partial charge in [0.25, 0.3) is 0 Å². The van der Waals surface area contributed by atoms with Crippen molar-refractivity contribution in [1.29, 1.82) is 0 Å². The molecule has 3 aliphatic heterocycles. The van der Waals surface area contributed by atoms with Crippen LogP contribution in [0.25, 0.3) is 0 Å². The first-order chi connectivity index (χ1) is 39.0. The lowest BCUT2D eigenvalue weighted by atomic mass is 9.99. The van der Waals surface area contributed by atoms with Gasteiger partial charge in [0.05, 0.1) is 0 Å². The van der Waals surface area contributed by atoms with Crippen molar-refractivity contribution in [3.05, 3.63) is 71.8 Å². The summed E-state index contributed by atoms with van der Waals surface area (Å²) in [6, 6.07) is 6.30. The van der Waals surface area contributed by atoms with E-state index in [9.17, 15) is 47.9 Å². The van der Waals surface area contributed by atoms with Gasteiger partial charge in [-0.3, -0.25) is 47.9 Å². The number of amides is 10. The molecule has 10 atom stereocenters. The normalized spacial score (nSPS) is 26.6. The first kappa shape index (κ1) is 65.9. The average Bonchev–Trinajstić information content (AvgIpc) is 4.16. The summed E-state index contributed by atoms with van der Waals surface area (Å²) in [5, 5.41) is 22.8. The number of nitrogens with two attached hydrogens (primary N) is 2. The number of carbonyl (C=O) groups excluding carboxylic acids is 10. The van der Waals surface area contributed by atoms with Crippen molar-refractivity contribution in [2.24, 2.45) is 35.1 Å². The minimum atomic E-state index is -1.22. The molecule has 1 unspecified atom stereocenters. The summed E-state index contributed by atoms with van der Waals surface area (Å²) in [5.74, 6) is -7.75. The lowest BCUT2D eigenvalue weighted by Gasteiger charge is -2.33. The van der Waals surface area contributed by atoms with Crippen LogP contribution in [-0.2, 0) is 60.8 Å². The molecule has 0 spiro atoms. The summed E-state index contributed by atoms with van der Waals surface area (Å²) in [6.07, 6.45) is 2.45. The fourth-order valence-electron chi connectivity index (χ4n) is 10.9. The van der Waals surface area contributed by atoms with Gasteiger partial charge in [-0.15, -0.1) is 0 Å². The van der Waals surface area contributed by atoms with Crippen molar-refractivity contribution >= 4 is 59.1 Å². The topological polar surface area (TPSA) is 325 Å². The summed E-state index contributed by atoms with van der Waals surface area (Å²) in [7, 11) is 0. The fourth-order valence-corrected chi connectivity index (χ4v) is 10.9. The molecule has 82 heavy (non-hydrogen) atoms. The minimum Gasteiger partial charge on any atom is -0.343 e. The molecule has 3 fully saturated rings. The predicted octanol–water partition coefficient (Wildman–Crippen LogP) is 1.23. The molecule has 0 bridgehead atoms. The highest BCUT2D eigenvalue weighted by atomic mass is 16.2. The Labute approximate surface area is 483 Å². The number of hydrogen-bond acceptors (Lipinski definition) is 12. The third-order valence-electron chi connectivity index (χ3n) is 15.3. The van der Waals surface area contributed by atoms with E-state index in [1.165, 1.54) is 9.80 Å². The average molecular weight is 1140 g/mol. The Morgan fingerprint density at radius 1 is 0.415 bits per heavy atom. The molecule has 3 heterocycles. The molecule has 0 aliphatic carbocycles. The second kappa shape index (κ2) is 32.0. The molecule has 2 aromatic carbocycles. The number of benzene rings is 2. The molecule has 0 saturated carbocycles. The van der Waals surface area contributed by atoms with Crippen LogP contribution in [-0.4, -0.2) is 155 Å². The second-order valence-electron chi connectivity index (χ2n) is 23.7. The van der Waals surface area contributed by atoms with Crippen molar-refractivity contribution in [2.45, 2.75) is 193 Å². The Morgan fingerprint density at radius 3 is 1.05 bits per heavy atom. The summed E-state index contributed by atoms with van der Waals surface area (Å²) in [6.45, 7) is 15.0. The summed E-state index contributed by atoms with van der Waals surface area (Å²) in [5.41, 5.74) is 13.3. The Morgan fingerprint density at radius 2 is 0.732 bits per heavy atom. The van der Waals surface area contributed by atoms with Crippen molar-refractivity contribution in [1.82, 2.24) is 52.3 Å². The van der Waals surface area contributed by atoms with Crippen LogP contribution >= 0.6 is 0 Å². The lowest BCUT2D eigenvalue weighted by Crippen LogP contribution is -2.62.